The summed E-state index contributed by atoms with van der Waals surface area (Å²) in [6.45, 7) is 2.05. The number of piperidine rings is 1. The molecule has 5 rings (SSSR count). The van der Waals surface area contributed by atoms with Crippen LogP contribution in [-0.4, -0.2) is 37.0 Å². The van der Waals surface area contributed by atoms with E-state index in [-0.39, 0.29) is 11.3 Å². The molecule has 6 nitrogen and oxygen atoms in total. The molecule has 0 saturated carbocycles. The van der Waals surface area contributed by atoms with Crippen molar-refractivity contribution in [3.8, 4) is 5.75 Å². The largest absolute Gasteiger partial charge is 0.507 e. The smallest absolute Gasteiger partial charge is 0.300 e. The predicted octanol–water partition coefficient (Wildman–Crippen LogP) is 5.31. The van der Waals surface area contributed by atoms with E-state index in [4.69, 9.17) is 4.74 Å². The van der Waals surface area contributed by atoms with Crippen LogP contribution < -0.4 is 14.5 Å². The lowest BCUT2D eigenvalue weighted by atomic mass is 9.95. The molecule has 2 aliphatic rings. The number of hydrogen-bond donors (Lipinski definition) is 1. The summed E-state index contributed by atoms with van der Waals surface area (Å²) in [4.78, 5) is 30.4. The summed E-state index contributed by atoms with van der Waals surface area (Å²) in [5.74, 6) is -0.922. The van der Waals surface area contributed by atoms with Gasteiger partial charge in [0, 0.05) is 30.0 Å². The predicted molar refractivity (Wildman–Crippen MR) is 137 cm³/mol. The van der Waals surface area contributed by atoms with Crippen LogP contribution in [-0.2, 0) is 9.59 Å². The van der Waals surface area contributed by atoms with Gasteiger partial charge >= 0.3 is 0 Å². The first-order valence-electron chi connectivity index (χ1n) is 11.9. The van der Waals surface area contributed by atoms with E-state index in [0.29, 0.717) is 17.0 Å². The highest BCUT2D eigenvalue weighted by Crippen LogP contribution is 2.42. The molecule has 2 aliphatic heterocycles. The summed E-state index contributed by atoms with van der Waals surface area (Å²) in [6, 6.07) is 23.2. The van der Waals surface area contributed by atoms with E-state index in [1.165, 1.54) is 24.2 Å². The SMILES string of the molecule is COc1ccc(/C(O)=C2\C(=O)C(=O)N(c3ccc(N4CCCCC4)cc3)C2c2ccccc2)cc1. The Bertz CT molecular complexity index is 1240. The molecule has 3 aromatic carbocycles. The van der Waals surface area contributed by atoms with Gasteiger partial charge in [-0.05, 0) is 73.4 Å². The minimum Gasteiger partial charge on any atom is -0.507 e. The number of carbonyl (C=O) groups excluding carboxylic acids is 2. The van der Waals surface area contributed by atoms with Crippen molar-refractivity contribution in [1.29, 1.82) is 0 Å². The third kappa shape index (κ3) is 4.28. The molecule has 3 aromatic rings. The zero-order chi connectivity index (χ0) is 24.4. The first-order chi connectivity index (χ1) is 17.1. The number of benzene rings is 3. The summed E-state index contributed by atoms with van der Waals surface area (Å²) in [7, 11) is 1.56. The molecular weight excluding hydrogens is 440 g/mol. The highest BCUT2D eigenvalue weighted by molar-refractivity contribution is 6.51. The summed E-state index contributed by atoms with van der Waals surface area (Å²) in [5.41, 5.74) is 3.01. The molecule has 1 unspecified atom stereocenters. The standard InChI is InChI=1S/C29H28N2O4/c1-35-24-16-10-21(11-17-24)27(32)25-26(20-8-4-2-5-9-20)31(29(34)28(25)33)23-14-12-22(13-15-23)30-18-6-3-7-19-30/h2,4-5,8-17,26,32H,3,6-7,18-19H2,1H3/b27-25+. The summed E-state index contributed by atoms with van der Waals surface area (Å²) in [6.07, 6.45) is 3.61. The zero-order valence-corrected chi connectivity index (χ0v) is 19.7. The van der Waals surface area contributed by atoms with Crippen LogP contribution in [0, 0.1) is 0 Å². The van der Waals surface area contributed by atoms with Gasteiger partial charge in [-0.1, -0.05) is 30.3 Å². The Kier molecular flexibility index (Phi) is 6.27. The number of carbonyl (C=O) groups is 2. The molecule has 1 amide bonds. The van der Waals surface area contributed by atoms with Gasteiger partial charge in [-0.25, -0.2) is 0 Å². The Morgan fingerprint density at radius 3 is 2.09 bits per heavy atom. The average molecular weight is 469 g/mol. The van der Waals surface area contributed by atoms with Crippen LogP contribution in [0.3, 0.4) is 0 Å². The van der Waals surface area contributed by atoms with Crippen molar-refractivity contribution < 1.29 is 19.4 Å². The molecule has 178 valence electrons. The van der Waals surface area contributed by atoms with Crippen LogP contribution in [0.1, 0.15) is 36.4 Å². The molecule has 0 radical (unpaired) electrons. The number of nitrogens with zero attached hydrogens (tertiary/aromatic N) is 2. The number of anilines is 2. The first kappa shape index (κ1) is 22.7. The van der Waals surface area contributed by atoms with E-state index in [0.717, 1.165) is 24.3 Å². The molecule has 0 aromatic heterocycles. The Hall–Kier alpha value is -4.06. The van der Waals surface area contributed by atoms with Crippen molar-refractivity contribution in [2.45, 2.75) is 25.3 Å². The molecule has 0 aliphatic carbocycles. The van der Waals surface area contributed by atoms with Gasteiger partial charge in [0.25, 0.3) is 11.7 Å². The van der Waals surface area contributed by atoms with E-state index in [9.17, 15) is 14.7 Å². The molecule has 2 heterocycles. The van der Waals surface area contributed by atoms with E-state index < -0.39 is 17.7 Å². The zero-order valence-electron chi connectivity index (χ0n) is 19.7. The minimum absolute atomic E-state index is 0.0754. The topological polar surface area (TPSA) is 70.1 Å². The van der Waals surface area contributed by atoms with Gasteiger partial charge in [-0.3, -0.25) is 14.5 Å². The third-order valence-electron chi connectivity index (χ3n) is 6.77. The van der Waals surface area contributed by atoms with Crippen molar-refractivity contribution in [2.75, 3.05) is 30.0 Å². The second-order valence-electron chi connectivity index (χ2n) is 8.87. The Labute approximate surface area is 205 Å². The number of rotatable bonds is 5. The monoisotopic (exact) mass is 468 g/mol. The molecule has 2 fully saturated rings. The van der Waals surface area contributed by atoms with E-state index in [1.54, 1.807) is 31.4 Å². The minimum atomic E-state index is -0.737. The molecule has 35 heavy (non-hydrogen) atoms. The Balaban J connectivity index is 1.58. The van der Waals surface area contributed by atoms with Crippen molar-refractivity contribution in [2.24, 2.45) is 0 Å². The second-order valence-corrected chi connectivity index (χ2v) is 8.87. The highest BCUT2D eigenvalue weighted by Gasteiger charge is 2.46. The molecule has 6 heteroatoms. The van der Waals surface area contributed by atoms with Gasteiger partial charge in [0.1, 0.15) is 11.5 Å². The summed E-state index contributed by atoms with van der Waals surface area (Å²) in [5, 5.41) is 11.2. The van der Waals surface area contributed by atoms with Gasteiger partial charge in [-0.2, -0.15) is 0 Å². The Morgan fingerprint density at radius 1 is 0.829 bits per heavy atom. The van der Waals surface area contributed by atoms with Gasteiger partial charge in [0.2, 0.25) is 0 Å². The fraction of sp³-hybridized carbons (Fsp3) is 0.241. The second kappa shape index (κ2) is 9.66. The molecule has 1 N–H and O–H groups in total. The summed E-state index contributed by atoms with van der Waals surface area (Å²) < 4.78 is 5.20. The van der Waals surface area contributed by atoms with E-state index in [2.05, 4.69) is 4.90 Å². The lowest BCUT2D eigenvalue weighted by molar-refractivity contribution is -0.132. The number of aliphatic hydroxyl groups excluding tert-OH is 1. The van der Waals surface area contributed by atoms with Crippen molar-refractivity contribution in [3.63, 3.8) is 0 Å². The van der Waals surface area contributed by atoms with Crippen LogP contribution >= 0.6 is 0 Å². The Morgan fingerprint density at radius 2 is 1.46 bits per heavy atom. The van der Waals surface area contributed by atoms with Crippen LogP contribution in [0.15, 0.2) is 84.4 Å². The quantitative estimate of drug-likeness (QED) is 0.312. The van der Waals surface area contributed by atoms with Crippen LogP contribution in [0.4, 0.5) is 11.4 Å². The number of ketones is 1. The number of ether oxygens (including phenoxy) is 1. The number of amides is 1. The fourth-order valence-electron chi connectivity index (χ4n) is 4.93. The average Bonchev–Trinajstić information content (AvgIpc) is 3.19. The molecule has 0 bridgehead atoms. The first-order valence-corrected chi connectivity index (χ1v) is 11.9. The molecule has 1 atom stereocenters. The lowest BCUT2D eigenvalue weighted by Crippen LogP contribution is -2.30. The van der Waals surface area contributed by atoms with Crippen LogP contribution in [0.5, 0.6) is 5.75 Å². The van der Waals surface area contributed by atoms with E-state index >= 15 is 0 Å². The number of Topliss-reactive ketones (excluding diaryl/α,β-unsaturated/α-hetero) is 1. The number of hydrogen-bond acceptors (Lipinski definition) is 5. The molecule has 0 spiro atoms. The maximum Gasteiger partial charge on any atom is 0.300 e. The lowest BCUT2D eigenvalue weighted by Gasteiger charge is -2.30. The summed E-state index contributed by atoms with van der Waals surface area (Å²) >= 11 is 0. The fourth-order valence-corrected chi connectivity index (χ4v) is 4.93. The normalized spacial score (nSPS) is 19.7. The molecule has 2 saturated heterocycles. The van der Waals surface area contributed by atoms with Crippen molar-refractivity contribution in [3.05, 3.63) is 95.6 Å². The highest BCUT2D eigenvalue weighted by atomic mass is 16.5. The molecular formula is C29H28N2O4. The van der Waals surface area contributed by atoms with Crippen molar-refractivity contribution in [1.82, 2.24) is 0 Å². The van der Waals surface area contributed by atoms with Crippen molar-refractivity contribution >= 4 is 28.8 Å². The maximum absolute atomic E-state index is 13.3. The van der Waals surface area contributed by atoms with Gasteiger partial charge in [0.15, 0.2) is 0 Å². The number of methoxy groups -OCH3 is 1. The third-order valence-corrected chi connectivity index (χ3v) is 6.77. The van der Waals surface area contributed by atoms with Crippen LogP contribution in [0.2, 0.25) is 0 Å². The number of aliphatic hydroxyl groups is 1. The van der Waals surface area contributed by atoms with Gasteiger partial charge in [0.05, 0.1) is 18.7 Å². The van der Waals surface area contributed by atoms with Gasteiger partial charge in [-0.15, -0.1) is 0 Å². The maximum atomic E-state index is 13.3. The van der Waals surface area contributed by atoms with E-state index in [1.807, 2.05) is 54.6 Å². The van der Waals surface area contributed by atoms with Crippen LogP contribution in [0.25, 0.3) is 5.76 Å². The van der Waals surface area contributed by atoms with Gasteiger partial charge < -0.3 is 14.7 Å².